The Kier molecular flexibility index (Phi) is 3.94. The maximum Gasteiger partial charge on any atom is 0.256 e. The summed E-state index contributed by atoms with van der Waals surface area (Å²) in [4.78, 5) is 26.9. The highest BCUT2D eigenvalue weighted by Gasteiger charge is 2.36. The molecule has 2 aliphatic heterocycles. The molecule has 1 atom stereocenters. The van der Waals surface area contributed by atoms with Gasteiger partial charge in [-0.15, -0.1) is 0 Å². The van der Waals surface area contributed by atoms with Crippen LogP contribution < -0.4 is 10.6 Å². The lowest BCUT2D eigenvalue weighted by molar-refractivity contribution is -0.120. The third kappa shape index (κ3) is 2.77. The van der Waals surface area contributed by atoms with Crippen molar-refractivity contribution in [3.8, 4) is 11.1 Å². The zero-order valence-corrected chi connectivity index (χ0v) is 13.9. The maximum atomic E-state index is 14.2. The van der Waals surface area contributed by atoms with Crippen molar-refractivity contribution in [2.75, 3.05) is 25.0 Å². The molecule has 4 rings (SSSR count). The fraction of sp³-hybridized carbons (Fsp3) is 0.222. The number of amides is 2. The molecule has 2 amide bonds. The van der Waals surface area contributed by atoms with Gasteiger partial charge in [-0.05, 0) is 35.9 Å². The molecule has 2 aromatic rings. The predicted octanol–water partition coefficient (Wildman–Crippen LogP) is 2.51. The molecular formula is C18H15ClFN3O2. The summed E-state index contributed by atoms with van der Waals surface area (Å²) in [5, 5.41) is 6.23. The average Bonchev–Trinajstić information content (AvgIpc) is 2.71. The summed E-state index contributed by atoms with van der Waals surface area (Å²) in [5.41, 5.74) is 1.73. The summed E-state index contributed by atoms with van der Waals surface area (Å²) in [5.74, 6) is -0.904. The zero-order valence-electron chi connectivity index (χ0n) is 13.2. The molecular weight excluding hydrogens is 345 g/mol. The Morgan fingerprint density at radius 2 is 1.96 bits per heavy atom. The quantitative estimate of drug-likeness (QED) is 0.822. The number of piperazine rings is 1. The molecule has 0 radical (unpaired) electrons. The summed E-state index contributed by atoms with van der Waals surface area (Å²) >= 11 is 5.80. The summed E-state index contributed by atoms with van der Waals surface area (Å²) < 4.78 is 14.2. The van der Waals surface area contributed by atoms with E-state index < -0.39 is 11.9 Å². The number of fused-ring (bicyclic) bond motifs is 2. The number of rotatable bonds is 1. The minimum atomic E-state index is -0.538. The van der Waals surface area contributed by atoms with Gasteiger partial charge in [-0.1, -0.05) is 17.7 Å². The van der Waals surface area contributed by atoms with E-state index in [2.05, 4.69) is 10.6 Å². The molecule has 25 heavy (non-hydrogen) atoms. The van der Waals surface area contributed by atoms with Gasteiger partial charge in [0.25, 0.3) is 5.91 Å². The largest absolute Gasteiger partial charge is 0.324 e. The van der Waals surface area contributed by atoms with E-state index in [1.807, 2.05) is 0 Å². The Hall–Kier alpha value is -2.44. The van der Waals surface area contributed by atoms with Crippen molar-refractivity contribution in [2.24, 2.45) is 0 Å². The Morgan fingerprint density at radius 1 is 1.12 bits per heavy atom. The van der Waals surface area contributed by atoms with Crippen molar-refractivity contribution in [3.63, 3.8) is 0 Å². The molecule has 2 aliphatic rings. The van der Waals surface area contributed by atoms with Crippen LogP contribution in [0.15, 0.2) is 36.4 Å². The Balaban J connectivity index is 1.80. The van der Waals surface area contributed by atoms with Crippen LogP contribution in [0.2, 0.25) is 5.02 Å². The predicted molar refractivity (Wildman–Crippen MR) is 93.2 cm³/mol. The molecule has 128 valence electrons. The van der Waals surface area contributed by atoms with Crippen LogP contribution in [0.1, 0.15) is 10.4 Å². The van der Waals surface area contributed by atoms with Crippen molar-refractivity contribution in [2.45, 2.75) is 6.04 Å². The highest BCUT2D eigenvalue weighted by Crippen LogP contribution is 2.31. The third-order valence-corrected chi connectivity index (χ3v) is 4.79. The van der Waals surface area contributed by atoms with Gasteiger partial charge in [0.2, 0.25) is 5.91 Å². The van der Waals surface area contributed by atoms with Crippen LogP contribution in [0.5, 0.6) is 0 Å². The number of anilines is 1. The standard InChI is InChI=1S/C18H15ClFN3O2/c19-11-2-3-12(14(20)8-11)10-1-4-15-13(7-10)18(25)23-6-5-21-9-16(23)17(24)22-15/h1-4,7-8,16,21H,5-6,9H2,(H,22,24)/t16-/m0/s1. The first-order valence-corrected chi connectivity index (χ1v) is 8.34. The van der Waals surface area contributed by atoms with Crippen molar-refractivity contribution in [1.82, 2.24) is 10.2 Å². The SMILES string of the molecule is O=C1Nc2ccc(-c3ccc(Cl)cc3F)cc2C(=O)N2CCNC[C@@H]12. The van der Waals surface area contributed by atoms with Crippen LogP contribution >= 0.6 is 11.6 Å². The molecule has 7 heteroatoms. The smallest absolute Gasteiger partial charge is 0.256 e. The van der Waals surface area contributed by atoms with Crippen LogP contribution in [-0.4, -0.2) is 42.4 Å². The molecule has 0 aliphatic carbocycles. The van der Waals surface area contributed by atoms with E-state index in [0.29, 0.717) is 47.0 Å². The van der Waals surface area contributed by atoms with Gasteiger partial charge in [0.15, 0.2) is 0 Å². The van der Waals surface area contributed by atoms with E-state index in [0.717, 1.165) is 0 Å². The third-order valence-electron chi connectivity index (χ3n) is 4.56. The monoisotopic (exact) mass is 359 g/mol. The van der Waals surface area contributed by atoms with Crippen LogP contribution in [0.25, 0.3) is 11.1 Å². The molecule has 0 unspecified atom stereocenters. The van der Waals surface area contributed by atoms with E-state index in [1.165, 1.54) is 6.07 Å². The molecule has 0 aromatic heterocycles. The summed E-state index contributed by atoms with van der Waals surface area (Å²) in [6, 6.07) is 8.81. The lowest BCUT2D eigenvalue weighted by Crippen LogP contribution is -2.57. The number of hydrogen-bond acceptors (Lipinski definition) is 3. The molecule has 2 heterocycles. The van der Waals surface area contributed by atoms with E-state index in [9.17, 15) is 14.0 Å². The molecule has 2 aromatic carbocycles. The van der Waals surface area contributed by atoms with E-state index >= 15 is 0 Å². The molecule has 0 saturated carbocycles. The Morgan fingerprint density at radius 3 is 2.76 bits per heavy atom. The van der Waals surface area contributed by atoms with E-state index in [1.54, 1.807) is 35.2 Å². The number of carbonyl (C=O) groups excluding carboxylic acids is 2. The average molecular weight is 360 g/mol. The van der Waals surface area contributed by atoms with Crippen LogP contribution in [0.3, 0.4) is 0 Å². The Bertz CT molecular complexity index is 887. The fourth-order valence-corrected chi connectivity index (χ4v) is 3.43. The molecule has 5 nitrogen and oxygen atoms in total. The van der Waals surface area contributed by atoms with Gasteiger partial charge in [0, 0.05) is 30.2 Å². The highest BCUT2D eigenvalue weighted by molar-refractivity contribution is 6.30. The zero-order chi connectivity index (χ0) is 17.6. The van der Waals surface area contributed by atoms with Crippen LogP contribution in [0, 0.1) is 5.82 Å². The van der Waals surface area contributed by atoms with Crippen LogP contribution in [0.4, 0.5) is 10.1 Å². The first-order valence-electron chi connectivity index (χ1n) is 7.96. The van der Waals surface area contributed by atoms with Crippen molar-refractivity contribution < 1.29 is 14.0 Å². The number of benzene rings is 2. The number of hydrogen-bond donors (Lipinski definition) is 2. The van der Waals surface area contributed by atoms with E-state index in [-0.39, 0.29) is 11.8 Å². The number of nitrogens with one attached hydrogen (secondary N) is 2. The first-order chi connectivity index (χ1) is 12.0. The maximum absolute atomic E-state index is 14.2. The summed E-state index contributed by atoms with van der Waals surface area (Å²) in [6.45, 7) is 1.51. The molecule has 2 N–H and O–H groups in total. The van der Waals surface area contributed by atoms with E-state index in [4.69, 9.17) is 11.6 Å². The number of nitrogens with zero attached hydrogens (tertiary/aromatic N) is 1. The number of carbonyl (C=O) groups is 2. The second-order valence-electron chi connectivity index (χ2n) is 6.09. The second kappa shape index (κ2) is 6.13. The van der Waals surface area contributed by atoms with Gasteiger partial charge in [0.1, 0.15) is 11.9 Å². The summed E-state index contributed by atoms with van der Waals surface area (Å²) in [6.07, 6.45) is 0. The minimum absolute atomic E-state index is 0.218. The highest BCUT2D eigenvalue weighted by atomic mass is 35.5. The van der Waals surface area contributed by atoms with Crippen molar-refractivity contribution >= 4 is 29.1 Å². The van der Waals surface area contributed by atoms with Gasteiger partial charge in [-0.3, -0.25) is 9.59 Å². The first kappa shape index (κ1) is 16.1. The van der Waals surface area contributed by atoms with Gasteiger partial charge in [-0.25, -0.2) is 4.39 Å². The van der Waals surface area contributed by atoms with Gasteiger partial charge < -0.3 is 15.5 Å². The molecule has 1 fully saturated rings. The minimum Gasteiger partial charge on any atom is -0.324 e. The lowest BCUT2D eigenvalue weighted by Gasteiger charge is -2.33. The molecule has 0 bridgehead atoms. The molecule has 1 saturated heterocycles. The van der Waals surface area contributed by atoms with Gasteiger partial charge in [-0.2, -0.15) is 0 Å². The van der Waals surface area contributed by atoms with Crippen molar-refractivity contribution in [1.29, 1.82) is 0 Å². The Labute approximate surface area is 148 Å². The summed E-state index contributed by atoms with van der Waals surface area (Å²) in [7, 11) is 0. The van der Waals surface area contributed by atoms with Gasteiger partial charge >= 0.3 is 0 Å². The normalized spacial score (nSPS) is 19.8. The van der Waals surface area contributed by atoms with Crippen molar-refractivity contribution in [3.05, 3.63) is 52.8 Å². The lowest BCUT2D eigenvalue weighted by atomic mass is 10.0. The van der Waals surface area contributed by atoms with Crippen LogP contribution in [-0.2, 0) is 4.79 Å². The van der Waals surface area contributed by atoms with Gasteiger partial charge in [0.05, 0.1) is 11.3 Å². The molecule has 0 spiro atoms. The fourth-order valence-electron chi connectivity index (χ4n) is 3.27. The number of halogens is 2. The second-order valence-corrected chi connectivity index (χ2v) is 6.53. The topological polar surface area (TPSA) is 61.4 Å².